The van der Waals surface area contributed by atoms with Crippen molar-refractivity contribution < 1.29 is 9.53 Å². The average Bonchev–Trinajstić information content (AvgIpc) is 3.15. The SMILES string of the molecule is CN=C(NCc1ccc(N2CCCC2=O)cc1)NCc1cccc(COC)c1. The van der Waals surface area contributed by atoms with Gasteiger partial charge in [0, 0.05) is 45.9 Å². The molecule has 148 valence electrons. The van der Waals surface area contributed by atoms with Crippen molar-refractivity contribution in [3.05, 3.63) is 65.2 Å². The third-order valence-electron chi connectivity index (χ3n) is 4.77. The summed E-state index contributed by atoms with van der Waals surface area (Å²) in [6.45, 7) is 2.78. The van der Waals surface area contributed by atoms with E-state index in [0.29, 0.717) is 26.1 Å². The van der Waals surface area contributed by atoms with Gasteiger partial charge in [-0.25, -0.2) is 0 Å². The van der Waals surface area contributed by atoms with Crippen LogP contribution in [0, 0.1) is 0 Å². The zero-order valence-electron chi connectivity index (χ0n) is 16.6. The Morgan fingerprint density at radius 1 is 1.07 bits per heavy atom. The molecular weight excluding hydrogens is 352 g/mol. The van der Waals surface area contributed by atoms with Crippen molar-refractivity contribution in [3.8, 4) is 0 Å². The summed E-state index contributed by atoms with van der Waals surface area (Å²) in [4.78, 5) is 18.0. The number of guanidine groups is 1. The molecule has 0 aliphatic carbocycles. The maximum atomic E-state index is 11.8. The molecule has 2 aromatic rings. The lowest BCUT2D eigenvalue weighted by molar-refractivity contribution is -0.117. The second-order valence-corrected chi connectivity index (χ2v) is 6.85. The van der Waals surface area contributed by atoms with Gasteiger partial charge < -0.3 is 20.3 Å². The standard InChI is InChI=1S/C22H28N4O2/c1-23-22(25-15-18-5-3-6-19(13-18)16-28-2)24-14-17-8-10-20(11-9-17)26-12-4-7-21(26)27/h3,5-6,8-11,13H,4,7,12,14-16H2,1-2H3,(H2,23,24,25). The van der Waals surface area contributed by atoms with E-state index in [-0.39, 0.29) is 5.91 Å². The number of benzene rings is 2. The van der Waals surface area contributed by atoms with Crippen LogP contribution in [0.1, 0.15) is 29.5 Å². The Morgan fingerprint density at radius 2 is 1.79 bits per heavy atom. The number of hydrogen-bond acceptors (Lipinski definition) is 3. The Kier molecular flexibility index (Phi) is 7.03. The highest BCUT2D eigenvalue weighted by molar-refractivity contribution is 5.95. The molecule has 28 heavy (non-hydrogen) atoms. The van der Waals surface area contributed by atoms with Gasteiger partial charge in [-0.15, -0.1) is 0 Å². The van der Waals surface area contributed by atoms with E-state index in [1.165, 1.54) is 5.56 Å². The summed E-state index contributed by atoms with van der Waals surface area (Å²) in [5.41, 5.74) is 4.45. The Bertz CT molecular complexity index is 818. The summed E-state index contributed by atoms with van der Waals surface area (Å²) in [7, 11) is 3.46. The molecule has 0 spiro atoms. The number of hydrogen-bond donors (Lipinski definition) is 2. The van der Waals surface area contributed by atoms with E-state index in [1.54, 1.807) is 14.2 Å². The minimum absolute atomic E-state index is 0.213. The van der Waals surface area contributed by atoms with Crippen molar-refractivity contribution in [2.24, 2.45) is 4.99 Å². The second-order valence-electron chi connectivity index (χ2n) is 6.85. The van der Waals surface area contributed by atoms with Crippen LogP contribution in [0.25, 0.3) is 0 Å². The number of aliphatic imine (C=N–C) groups is 1. The predicted octanol–water partition coefficient (Wildman–Crippen LogP) is 2.83. The topological polar surface area (TPSA) is 66.0 Å². The number of ether oxygens (including phenoxy) is 1. The zero-order valence-corrected chi connectivity index (χ0v) is 16.6. The Morgan fingerprint density at radius 3 is 2.43 bits per heavy atom. The normalized spacial score (nSPS) is 14.4. The van der Waals surface area contributed by atoms with Crippen LogP contribution in [0.4, 0.5) is 5.69 Å². The minimum atomic E-state index is 0.213. The van der Waals surface area contributed by atoms with E-state index in [9.17, 15) is 4.79 Å². The van der Waals surface area contributed by atoms with Crippen molar-refractivity contribution in [3.63, 3.8) is 0 Å². The van der Waals surface area contributed by atoms with Gasteiger partial charge in [0.2, 0.25) is 5.91 Å². The molecule has 0 bridgehead atoms. The fourth-order valence-corrected chi connectivity index (χ4v) is 3.30. The average molecular weight is 380 g/mol. The number of nitrogens with zero attached hydrogens (tertiary/aromatic N) is 2. The lowest BCUT2D eigenvalue weighted by atomic mass is 10.1. The molecule has 1 aliphatic heterocycles. The van der Waals surface area contributed by atoms with Crippen molar-refractivity contribution in [1.82, 2.24) is 10.6 Å². The summed E-state index contributed by atoms with van der Waals surface area (Å²) >= 11 is 0. The van der Waals surface area contributed by atoms with Crippen LogP contribution in [-0.2, 0) is 29.2 Å². The van der Waals surface area contributed by atoms with Crippen LogP contribution in [0.15, 0.2) is 53.5 Å². The first kappa shape index (κ1) is 19.9. The summed E-state index contributed by atoms with van der Waals surface area (Å²) in [5, 5.41) is 6.66. The highest BCUT2D eigenvalue weighted by Crippen LogP contribution is 2.21. The first-order valence-electron chi connectivity index (χ1n) is 9.60. The van der Waals surface area contributed by atoms with E-state index in [0.717, 1.165) is 35.7 Å². The van der Waals surface area contributed by atoms with E-state index in [4.69, 9.17) is 4.74 Å². The number of rotatable bonds is 7. The number of anilines is 1. The monoisotopic (exact) mass is 380 g/mol. The molecule has 2 aromatic carbocycles. The van der Waals surface area contributed by atoms with Gasteiger partial charge in [-0.1, -0.05) is 36.4 Å². The molecule has 0 radical (unpaired) electrons. The Balaban J connectivity index is 1.50. The van der Waals surface area contributed by atoms with E-state index < -0.39 is 0 Å². The van der Waals surface area contributed by atoms with E-state index >= 15 is 0 Å². The lowest BCUT2D eigenvalue weighted by Crippen LogP contribution is -2.36. The molecule has 3 rings (SSSR count). The van der Waals surface area contributed by atoms with Crippen LogP contribution in [0.2, 0.25) is 0 Å². The highest BCUT2D eigenvalue weighted by atomic mass is 16.5. The number of nitrogens with one attached hydrogen (secondary N) is 2. The van der Waals surface area contributed by atoms with E-state index in [1.807, 2.05) is 23.1 Å². The van der Waals surface area contributed by atoms with Crippen LogP contribution in [0.5, 0.6) is 0 Å². The summed E-state index contributed by atoms with van der Waals surface area (Å²) in [6, 6.07) is 16.4. The van der Waals surface area contributed by atoms with Gasteiger partial charge in [0.15, 0.2) is 5.96 Å². The van der Waals surface area contributed by atoms with Crippen molar-refractivity contribution in [2.75, 3.05) is 25.6 Å². The zero-order chi connectivity index (χ0) is 19.8. The van der Waals surface area contributed by atoms with Gasteiger partial charge in [-0.05, 0) is 35.2 Å². The first-order chi connectivity index (χ1) is 13.7. The van der Waals surface area contributed by atoms with Crippen molar-refractivity contribution in [1.29, 1.82) is 0 Å². The Labute approximate surface area is 166 Å². The highest BCUT2D eigenvalue weighted by Gasteiger charge is 2.21. The summed E-state index contributed by atoms with van der Waals surface area (Å²) < 4.78 is 5.19. The Hall–Kier alpha value is -2.86. The molecule has 1 heterocycles. The molecule has 0 unspecified atom stereocenters. The third kappa shape index (κ3) is 5.33. The molecule has 0 saturated carbocycles. The maximum Gasteiger partial charge on any atom is 0.227 e. The first-order valence-corrected chi connectivity index (χ1v) is 9.60. The van der Waals surface area contributed by atoms with Gasteiger partial charge in [-0.2, -0.15) is 0 Å². The quantitative estimate of drug-likeness (QED) is 0.573. The van der Waals surface area contributed by atoms with Gasteiger partial charge in [0.25, 0.3) is 0 Å². The van der Waals surface area contributed by atoms with Gasteiger partial charge in [0.05, 0.1) is 6.61 Å². The lowest BCUT2D eigenvalue weighted by Gasteiger charge is -2.16. The molecule has 1 fully saturated rings. The largest absolute Gasteiger partial charge is 0.380 e. The fourth-order valence-electron chi connectivity index (χ4n) is 3.30. The molecule has 6 heteroatoms. The molecule has 0 aromatic heterocycles. The molecule has 2 N–H and O–H groups in total. The minimum Gasteiger partial charge on any atom is -0.380 e. The molecule has 0 atom stereocenters. The molecule has 1 aliphatic rings. The van der Waals surface area contributed by atoms with Crippen LogP contribution < -0.4 is 15.5 Å². The van der Waals surface area contributed by atoms with Gasteiger partial charge in [0.1, 0.15) is 0 Å². The predicted molar refractivity (Wildman–Crippen MR) is 112 cm³/mol. The number of carbonyl (C=O) groups is 1. The smallest absolute Gasteiger partial charge is 0.227 e. The third-order valence-corrected chi connectivity index (χ3v) is 4.77. The molecule has 6 nitrogen and oxygen atoms in total. The van der Waals surface area contributed by atoms with Crippen LogP contribution in [-0.4, -0.2) is 32.6 Å². The number of carbonyl (C=O) groups excluding carboxylic acids is 1. The van der Waals surface area contributed by atoms with E-state index in [2.05, 4.69) is 46.0 Å². The molecule has 1 amide bonds. The van der Waals surface area contributed by atoms with Crippen LogP contribution in [0.3, 0.4) is 0 Å². The summed E-state index contributed by atoms with van der Waals surface area (Å²) in [5.74, 6) is 0.959. The summed E-state index contributed by atoms with van der Waals surface area (Å²) in [6.07, 6.45) is 1.60. The van der Waals surface area contributed by atoms with Crippen LogP contribution >= 0.6 is 0 Å². The molecule has 1 saturated heterocycles. The molecular formula is C22H28N4O2. The fraction of sp³-hybridized carbons (Fsp3) is 0.364. The number of methoxy groups -OCH3 is 1. The number of amides is 1. The van der Waals surface area contributed by atoms with Gasteiger partial charge >= 0.3 is 0 Å². The maximum absolute atomic E-state index is 11.8. The van der Waals surface area contributed by atoms with Crippen molar-refractivity contribution in [2.45, 2.75) is 32.5 Å². The van der Waals surface area contributed by atoms with Crippen molar-refractivity contribution >= 4 is 17.6 Å². The second kappa shape index (κ2) is 9.90. The van der Waals surface area contributed by atoms with Gasteiger partial charge in [-0.3, -0.25) is 9.79 Å².